The Labute approximate surface area is 122 Å². The van der Waals surface area contributed by atoms with Crippen molar-refractivity contribution in [2.75, 3.05) is 5.32 Å². The van der Waals surface area contributed by atoms with E-state index in [4.69, 9.17) is 4.74 Å². The second-order valence-corrected chi connectivity index (χ2v) is 4.74. The SMILES string of the molecule is Cc1ccc(NC2=N/C(=C/c3ccccc3)C(=O)O2)cc1. The maximum Gasteiger partial charge on any atom is 0.364 e. The maximum absolute atomic E-state index is 11.8. The quantitative estimate of drug-likeness (QED) is 0.677. The first-order valence-corrected chi connectivity index (χ1v) is 6.62. The Kier molecular flexibility index (Phi) is 3.51. The normalized spacial score (nSPS) is 15.8. The van der Waals surface area contributed by atoms with Crippen molar-refractivity contribution in [2.24, 2.45) is 4.99 Å². The molecule has 1 N–H and O–H groups in total. The van der Waals surface area contributed by atoms with E-state index in [-0.39, 0.29) is 11.7 Å². The molecule has 21 heavy (non-hydrogen) atoms. The minimum Gasteiger partial charge on any atom is -0.387 e. The van der Waals surface area contributed by atoms with Gasteiger partial charge in [0.25, 0.3) is 0 Å². The van der Waals surface area contributed by atoms with Gasteiger partial charge in [0.1, 0.15) is 0 Å². The predicted octanol–water partition coefficient (Wildman–Crippen LogP) is 3.36. The van der Waals surface area contributed by atoms with Gasteiger partial charge in [-0.05, 0) is 30.7 Å². The molecule has 0 unspecified atom stereocenters. The van der Waals surface area contributed by atoms with E-state index in [1.807, 2.05) is 61.5 Å². The summed E-state index contributed by atoms with van der Waals surface area (Å²) in [6, 6.07) is 17.5. The molecule has 0 saturated carbocycles. The van der Waals surface area contributed by atoms with Crippen LogP contribution in [0.1, 0.15) is 11.1 Å². The van der Waals surface area contributed by atoms with Gasteiger partial charge in [0.15, 0.2) is 5.70 Å². The summed E-state index contributed by atoms with van der Waals surface area (Å²) in [5, 5.41) is 2.98. The van der Waals surface area contributed by atoms with Gasteiger partial charge in [-0.15, -0.1) is 0 Å². The standard InChI is InChI=1S/C17H14N2O2/c1-12-7-9-14(10-8-12)18-17-19-15(16(20)21-17)11-13-5-3-2-4-6-13/h2-11H,1H3,(H,18,19)/b15-11+. The van der Waals surface area contributed by atoms with E-state index in [9.17, 15) is 4.79 Å². The van der Waals surface area contributed by atoms with E-state index in [2.05, 4.69) is 10.3 Å². The summed E-state index contributed by atoms with van der Waals surface area (Å²) in [7, 11) is 0. The van der Waals surface area contributed by atoms with Crippen LogP contribution < -0.4 is 5.32 Å². The molecule has 4 heteroatoms. The summed E-state index contributed by atoms with van der Waals surface area (Å²) in [5.41, 5.74) is 3.18. The van der Waals surface area contributed by atoms with Crippen molar-refractivity contribution in [3.63, 3.8) is 0 Å². The smallest absolute Gasteiger partial charge is 0.364 e. The minimum absolute atomic E-state index is 0.200. The fourth-order valence-corrected chi connectivity index (χ4v) is 1.93. The van der Waals surface area contributed by atoms with Crippen LogP contribution in [0.25, 0.3) is 6.08 Å². The number of aliphatic imine (C=N–C) groups is 1. The number of hydrogen-bond acceptors (Lipinski definition) is 4. The highest BCUT2D eigenvalue weighted by atomic mass is 16.6. The van der Waals surface area contributed by atoms with Crippen molar-refractivity contribution in [2.45, 2.75) is 6.92 Å². The summed E-state index contributed by atoms with van der Waals surface area (Å²) < 4.78 is 5.11. The van der Waals surface area contributed by atoms with Crippen LogP contribution in [0.15, 0.2) is 65.3 Å². The number of aryl methyl sites for hydroxylation is 1. The van der Waals surface area contributed by atoms with Gasteiger partial charge in [-0.1, -0.05) is 48.0 Å². The highest BCUT2D eigenvalue weighted by Crippen LogP contribution is 2.17. The van der Waals surface area contributed by atoms with Crippen molar-refractivity contribution >= 4 is 23.8 Å². The summed E-state index contributed by atoms with van der Waals surface area (Å²) >= 11 is 0. The topological polar surface area (TPSA) is 50.7 Å². The second kappa shape index (κ2) is 5.63. The molecule has 1 aliphatic rings. The van der Waals surface area contributed by atoms with Gasteiger partial charge in [0.2, 0.25) is 0 Å². The Hall–Kier alpha value is -2.88. The molecule has 1 aliphatic heterocycles. The number of esters is 1. The Morgan fingerprint density at radius 1 is 1.05 bits per heavy atom. The van der Waals surface area contributed by atoms with Crippen molar-refractivity contribution < 1.29 is 9.53 Å². The first-order valence-electron chi connectivity index (χ1n) is 6.62. The zero-order valence-corrected chi connectivity index (χ0v) is 11.5. The second-order valence-electron chi connectivity index (χ2n) is 4.74. The first-order chi connectivity index (χ1) is 10.2. The van der Waals surface area contributed by atoms with Crippen LogP contribution in [0.3, 0.4) is 0 Å². The largest absolute Gasteiger partial charge is 0.387 e. The molecule has 104 valence electrons. The van der Waals surface area contributed by atoms with Gasteiger partial charge in [-0.3, -0.25) is 0 Å². The molecule has 0 fully saturated rings. The number of cyclic esters (lactones) is 1. The van der Waals surface area contributed by atoms with Gasteiger partial charge in [-0.2, -0.15) is 4.99 Å². The predicted molar refractivity (Wildman–Crippen MR) is 82.7 cm³/mol. The number of carbonyl (C=O) groups is 1. The Morgan fingerprint density at radius 3 is 2.48 bits per heavy atom. The molecule has 1 heterocycles. The van der Waals surface area contributed by atoms with E-state index in [1.165, 1.54) is 0 Å². The average molecular weight is 278 g/mol. The van der Waals surface area contributed by atoms with Gasteiger partial charge < -0.3 is 10.1 Å². The lowest BCUT2D eigenvalue weighted by Crippen LogP contribution is -2.13. The number of anilines is 1. The molecule has 0 amide bonds. The number of nitrogens with zero attached hydrogens (tertiary/aromatic N) is 1. The van der Waals surface area contributed by atoms with E-state index in [1.54, 1.807) is 6.08 Å². The van der Waals surface area contributed by atoms with Crippen molar-refractivity contribution in [3.8, 4) is 0 Å². The van der Waals surface area contributed by atoms with Gasteiger partial charge >= 0.3 is 12.0 Å². The van der Waals surface area contributed by atoms with Crippen LogP contribution in [-0.4, -0.2) is 12.0 Å². The number of ether oxygens (including phenoxy) is 1. The summed E-state index contributed by atoms with van der Waals surface area (Å²) in [6.07, 6.45) is 1.70. The van der Waals surface area contributed by atoms with E-state index in [0.717, 1.165) is 16.8 Å². The number of carbonyl (C=O) groups excluding carboxylic acids is 1. The maximum atomic E-state index is 11.8. The third-order valence-corrected chi connectivity index (χ3v) is 3.03. The number of benzene rings is 2. The summed E-state index contributed by atoms with van der Waals surface area (Å²) in [5.74, 6) is -0.450. The molecule has 0 radical (unpaired) electrons. The molecular formula is C17H14N2O2. The van der Waals surface area contributed by atoms with Crippen LogP contribution in [0.2, 0.25) is 0 Å². The van der Waals surface area contributed by atoms with E-state index >= 15 is 0 Å². The third-order valence-electron chi connectivity index (χ3n) is 3.03. The number of rotatable bonds is 2. The van der Waals surface area contributed by atoms with Crippen LogP contribution >= 0.6 is 0 Å². The molecule has 0 atom stereocenters. The van der Waals surface area contributed by atoms with Crippen molar-refractivity contribution in [1.82, 2.24) is 0 Å². The Morgan fingerprint density at radius 2 is 1.76 bits per heavy atom. The van der Waals surface area contributed by atoms with Gasteiger partial charge in [-0.25, -0.2) is 4.79 Å². The third kappa shape index (κ3) is 3.17. The Balaban J connectivity index is 1.79. The van der Waals surface area contributed by atoms with Crippen LogP contribution in [0.4, 0.5) is 5.69 Å². The van der Waals surface area contributed by atoms with Crippen LogP contribution in [0.5, 0.6) is 0 Å². The zero-order valence-electron chi connectivity index (χ0n) is 11.5. The zero-order chi connectivity index (χ0) is 14.7. The molecule has 2 aromatic carbocycles. The summed E-state index contributed by atoms with van der Waals surface area (Å²) in [6.45, 7) is 2.01. The molecule has 0 bridgehead atoms. The molecule has 2 aromatic rings. The van der Waals surface area contributed by atoms with Crippen LogP contribution in [0, 0.1) is 6.92 Å². The molecule has 0 saturated heterocycles. The van der Waals surface area contributed by atoms with E-state index < -0.39 is 5.97 Å². The highest BCUT2D eigenvalue weighted by molar-refractivity contribution is 6.10. The van der Waals surface area contributed by atoms with Crippen molar-refractivity contribution in [3.05, 3.63) is 71.4 Å². The highest BCUT2D eigenvalue weighted by Gasteiger charge is 2.22. The molecule has 0 aliphatic carbocycles. The molecule has 0 aromatic heterocycles. The molecule has 4 nitrogen and oxygen atoms in total. The minimum atomic E-state index is -0.450. The lowest BCUT2D eigenvalue weighted by atomic mass is 10.2. The fourth-order valence-electron chi connectivity index (χ4n) is 1.93. The van der Waals surface area contributed by atoms with Gasteiger partial charge in [0, 0.05) is 5.69 Å². The van der Waals surface area contributed by atoms with E-state index in [0.29, 0.717) is 0 Å². The molecular weight excluding hydrogens is 264 g/mol. The molecule has 0 spiro atoms. The van der Waals surface area contributed by atoms with Crippen LogP contribution in [-0.2, 0) is 9.53 Å². The molecule has 3 rings (SSSR count). The Bertz CT molecular complexity index is 716. The fraction of sp³-hybridized carbons (Fsp3) is 0.0588. The lowest BCUT2D eigenvalue weighted by Gasteiger charge is -2.03. The number of amidine groups is 1. The first kappa shape index (κ1) is 13.1. The summed E-state index contributed by atoms with van der Waals surface area (Å²) in [4.78, 5) is 16.0. The van der Waals surface area contributed by atoms with Crippen molar-refractivity contribution in [1.29, 1.82) is 0 Å². The lowest BCUT2D eigenvalue weighted by molar-refractivity contribution is -0.129. The average Bonchev–Trinajstić information content (AvgIpc) is 2.82. The number of hydrogen-bond donors (Lipinski definition) is 1. The van der Waals surface area contributed by atoms with Gasteiger partial charge in [0.05, 0.1) is 0 Å². The monoisotopic (exact) mass is 278 g/mol. The number of nitrogens with one attached hydrogen (secondary N) is 1.